The summed E-state index contributed by atoms with van der Waals surface area (Å²) in [6, 6.07) is 20.9. The third-order valence-corrected chi connectivity index (χ3v) is 3.13. The number of hydrogen-bond donors (Lipinski definition) is 0. The maximum absolute atomic E-state index is 4.82. The molecule has 0 unspecified atom stereocenters. The summed E-state index contributed by atoms with van der Waals surface area (Å²) < 4.78 is 0. The molecule has 0 fully saturated rings. The molecule has 0 aliphatic heterocycles. The minimum absolute atomic E-state index is 0.910. The molecule has 19 heavy (non-hydrogen) atoms. The monoisotopic (exact) mass is 251 g/mol. The third-order valence-electron chi connectivity index (χ3n) is 3.13. The lowest BCUT2D eigenvalue weighted by Gasteiger charge is -2.07. The van der Waals surface area contributed by atoms with Crippen LogP contribution in [-0.4, -0.2) is 12.3 Å². The Morgan fingerprint density at radius 3 is 1.79 bits per heavy atom. The molecule has 98 valence electrons. The Balaban J connectivity index is 2.24. The van der Waals surface area contributed by atoms with Crippen molar-refractivity contribution in [3.8, 4) is 0 Å². The fourth-order valence-corrected chi connectivity index (χ4v) is 2.09. The van der Waals surface area contributed by atoms with Gasteiger partial charge in [-0.2, -0.15) is 0 Å². The molecule has 0 aromatic heterocycles. The standard InChI is InChI=1S/C18H21N/c1-2-3-10-15-19-18(16-11-6-4-7-12-16)17-13-8-5-9-14-17/h4-9,11-14H,2-3,10,15H2,1H3. The first-order chi connectivity index (χ1) is 9.42. The van der Waals surface area contributed by atoms with Gasteiger partial charge in [-0.05, 0) is 6.42 Å². The molecule has 0 aliphatic carbocycles. The van der Waals surface area contributed by atoms with Crippen molar-refractivity contribution in [3.63, 3.8) is 0 Å². The quantitative estimate of drug-likeness (QED) is 0.520. The topological polar surface area (TPSA) is 12.4 Å². The smallest absolute Gasteiger partial charge is 0.0718 e. The van der Waals surface area contributed by atoms with Crippen LogP contribution in [0.2, 0.25) is 0 Å². The Labute approximate surface area is 116 Å². The molecule has 0 N–H and O–H groups in total. The minimum atomic E-state index is 0.910. The van der Waals surface area contributed by atoms with Gasteiger partial charge in [-0.15, -0.1) is 0 Å². The lowest BCUT2D eigenvalue weighted by Crippen LogP contribution is -2.04. The minimum Gasteiger partial charge on any atom is -0.284 e. The van der Waals surface area contributed by atoms with E-state index in [1.165, 1.54) is 30.4 Å². The Morgan fingerprint density at radius 2 is 1.32 bits per heavy atom. The summed E-state index contributed by atoms with van der Waals surface area (Å²) in [5, 5.41) is 0. The summed E-state index contributed by atoms with van der Waals surface area (Å²) in [5.41, 5.74) is 3.51. The van der Waals surface area contributed by atoms with Crippen LogP contribution in [0.5, 0.6) is 0 Å². The number of benzene rings is 2. The second-order valence-corrected chi connectivity index (χ2v) is 4.67. The molecule has 0 spiro atoms. The molecule has 0 saturated carbocycles. The SMILES string of the molecule is CCCCCN=C(c1ccccc1)c1ccccc1. The van der Waals surface area contributed by atoms with Gasteiger partial charge in [0.25, 0.3) is 0 Å². The Kier molecular flexibility index (Phi) is 5.36. The van der Waals surface area contributed by atoms with E-state index in [-0.39, 0.29) is 0 Å². The number of rotatable bonds is 6. The van der Waals surface area contributed by atoms with Gasteiger partial charge in [0, 0.05) is 17.7 Å². The molecule has 0 radical (unpaired) electrons. The van der Waals surface area contributed by atoms with E-state index in [4.69, 9.17) is 4.99 Å². The summed E-state index contributed by atoms with van der Waals surface area (Å²) in [6.45, 7) is 3.13. The summed E-state index contributed by atoms with van der Waals surface area (Å²) in [5.74, 6) is 0. The normalized spacial score (nSPS) is 10.2. The van der Waals surface area contributed by atoms with Gasteiger partial charge in [-0.3, -0.25) is 4.99 Å². The van der Waals surface area contributed by atoms with Crippen LogP contribution < -0.4 is 0 Å². The van der Waals surface area contributed by atoms with E-state index in [1.54, 1.807) is 0 Å². The highest BCUT2D eigenvalue weighted by atomic mass is 14.7. The molecule has 1 nitrogen and oxygen atoms in total. The van der Waals surface area contributed by atoms with E-state index in [9.17, 15) is 0 Å². The van der Waals surface area contributed by atoms with E-state index in [0.717, 1.165) is 12.3 Å². The molecule has 2 aromatic carbocycles. The van der Waals surface area contributed by atoms with Gasteiger partial charge >= 0.3 is 0 Å². The molecule has 0 saturated heterocycles. The highest BCUT2D eigenvalue weighted by Gasteiger charge is 2.05. The first-order valence-corrected chi connectivity index (χ1v) is 7.07. The number of nitrogens with zero attached hydrogens (tertiary/aromatic N) is 1. The largest absolute Gasteiger partial charge is 0.284 e. The molecule has 0 heterocycles. The molecule has 0 amide bonds. The van der Waals surface area contributed by atoms with Crippen molar-refractivity contribution < 1.29 is 0 Å². The molecule has 0 bridgehead atoms. The maximum atomic E-state index is 4.82. The van der Waals surface area contributed by atoms with Crippen LogP contribution in [0.1, 0.15) is 37.3 Å². The van der Waals surface area contributed by atoms with Gasteiger partial charge in [0.2, 0.25) is 0 Å². The van der Waals surface area contributed by atoms with Crippen molar-refractivity contribution in [2.75, 3.05) is 6.54 Å². The fourth-order valence-electron chi connectivity index (χ4n) is 2.09. The van der Waals surface area contributed by atoms with Gasteiger partial charge < -0.3 is 0 Å². The van der Waals surface area contributed by atoms with E-state index in [1.807, 2.05) is 12.1 Å². The van der Waals surface area contributed by atoms with E-state index >= 15 is 0 Å². The Morgan fingerprint density at radius 1 is 0.789 bits per heavy atom. The zero-order valence-electron chi connectivity index (χ0n) is 11.5. The molecular formula is C18H21N. The Bertz CT molecular complexity index is 458. The zero-order valence-corrected chi connectivity index (χ0v) is 11.5. The van der Waals surface area contributed by atoms with Gasteiger partial charge in [-0.25, -0.2) is 0 Å². The van der Waals surface area contributed by atoms with Gasteiger partial charge in [-0.1, -0.05) is 80.4 Å². The molecule has 0 aliphatic rings. The fraction of sp³-hybridized carbons (Fsp3) is 0.278. The number of hydrogen-bond acceptors (Lipinski definition) is 1. The lowest BCUT2D eigenvalue weighted by atomic mass is 10.0. The van der Waals surface area contributed by atoms with Gasteiger partial charge in [0.1, 0.15) is 0 Å². The second-order valence-electron chi connectivity index (χ2n) is 4.67. The third kappa shape index (κ3) is 4.06. The Hall–Kier alpha value is -1.89. The summed E-state index contributed by atoms with van der Waals surface area (Å²) in [4.78, 5) is 4.82. The first kappa shape index (κ1) is 13.5. The molecule has 1 heteroatoms. The number of unbranched alkanes of at least 4 members (excludes halogenated alkanes) is 2. The first-order valence-electron chi connectivity index (χ1n) is 7.07. The van der Waals surface area contributed by atoms with Crippen LogP contribution in [0.4, 0.5) is 0 Å². The highest BCUT2D eigenvalue weighted by molar-refractivity contribution is 6.12. The van der Waals surface area contributed by atoms with Crippen molar-refractivity contribution in [2.24, 2.45) is 4.99 Å². The van der Waals surface area contributed by atoms with Crippen molar-refractivity contribution >= 4 is 5.71 Å². The van der Waals surface area contributed by atoms with Crippen LogP contribution in [0, 0.1) is 0 Å². The maximum Gasteiger partial charge on any atom is 0.0718 e. The van der Waals surface area contributed by atoms with Crippen molar-refractivity contribution in [1.29, 1.82) is 0 Å². The molecule has 2 aromatic rings. The van der Waals surface area contributed by atoms with Crippen LogP contribution in [0.3, 0.4) is 0 Å². The molecule has 2 rings (SSSR count). The second kappa shape index (κ2) is 7.52. The van der Waals surface area contributed by atoms with E-state index in [0.29, 0.717) is 0 Å². The lowest BCUT2D eigenvalue weighted by molar-refractivity contribution is 0.728. The van der Waals surface area contributed by atoms with Gasteiger partial charge in [0.05, 0.1) is 5.71 Å². The predicted octanol–water partition coefficient (Wildman–Crippen LogP) is 4.71. The van der Waals surface area contributed by atoms with E-state index in [2.05, 4.69) is 55.5 Å². The average Bonchev–Trinajstić information content (AvgIpc) is 2.49. The van der Waals surface area contributed by atoms with Crippen molar-refractivity contribution in [1.82, 2.24) is 0 Å². The van der Waals surface area contributed by atoms with Crippen LogP contribution >= 0.6 is 0 Å². The highest BCUT2D eigenvalue weighted by Crippen LogP contribution is 2.11. The molecular weight excluding hydrogens is 230 g/mol. The van der Waals surface area contributed by atoms with Crippen LogP contribution in [0.25, 0.3) is 0 Å². The van der Waals surface area contributed by atoms with Gasteiger partial charge in [0.15, 0.2) is 0 Å². The summed E-state index contributed by atoms with van der Waals surface area (Å²) >= 11 is 0. The number of aliphatic imine (C=N–C) groups is 1. The summed E-state index contributed by atoms with van der Waals surface area (Å²) in [7, 11) is 0. The average molecular weight is 251 g/mol. The van der Waals surface area contributed by atoms with Crippen molar-refractivity contribution in [3.05, 3.63) is 71.8 Å². The van der Waals surface area contributed by atoms with E-state index < -0.39 is 0 Å². The summed E-state index contributed by atoms with van der Waals surface area (Å²) in [6.07, 6.45) is 3.65. The predicted molar refractivity (Wildman–Crippen MR) is 82.9 cm³/mol. The molecule has 0 atom stereocenters. The van der Waals surface area contributed by atoms with Crippen molar-refractivity contribution in [2.45, 2.75) is 26.2 Å². The van der Waals surface area contributed by atoms with Crippen LogP contribution in [-0.2, 0) is 0 Å². The van der Waals surface area contributed by atoms with Crippen LogP contribution in [0.15, 0.2) is 65.7 Å². The zero-order chi connectivity index (χ0) is 13.3.